The molecule has 0 saturated carbocycles. The third-order valence-corrected chi connectivity index (χ3v) is 5.36. The average molecular weight is 428 g/mol. The van der Waals surface area contributed by atoms with Crippen LogP contribution in [0.1, 0.15) is 5.56 Å². The molecule has 2 heterocycles. The summed E-state index contributed by atoms with van der Waals surface area (Å²) in [5, 5.41) is 5.98. The molecule has 4 unspecified atom stereocenters. The van der Waals surface area contributed by atoms with Gasteiger partial charge in [-0.2, -0.15) is 0 Å². The molecule has 2 saturated heterocycles. The van der Waals surface area contributed by atoms with Gasteiger partial charge in [0.25, 0.3) is 0 Å². The van der Waals surface area contributed by atoms with Crippen LogP contribution in [-0.2, 0) is 20.9 Å². The quantitative estimate of drug-likeness (QED) is 0.193. The number of amides is 2. The van der Waals surface area contributed by atoms with Crippen molar-refractivity contribution in [2.24, 2.45) is 22.6 Å². The van der Waals surface area contributed by atoms with Gasteiger partial charge in [0.1, 0.15) is 0 Å². The number of carbonyl (C=O) groups is 2. The first-order chi connectivity index (χ1) is 14.5. The molecule has 4 atom stereocenters. The number of fused-ring (bicyclic) bond motifs is 1. The summed E-state index contributed by atoms with van der Waals surface area (Å²) in [5.74, 6) is -1.44. The second-order valence-corrected chi connectivity index (χ2v) is 7.39. The minimum atomic E-state index is -0.552. The fourth-order valence-electron chi connectivity index (χ4n) is 3.68. The Morgan fingerprint density at radius 1 is 1.17 bits per heavy atom. The number of rotatable bonds is 7. The molecule has 4 N–H and O–H groups in total. The predicted molar refractivity (Wildman–Crippen MR) is 118 cm³/mol. The van der Waals surface area contributed by atoms with Crippen molar-refractivity contribution in [1.29, 1.82) is 0 Å². The highest BCUT2D eigenvalue weighted by molar-refractivity contribution is 7.80. The molecule has 0 bridgehead atoms. The zero-order valence-electron chi connectivity index (χ0n) is 16.5. The molecule has 1 aromatic rings. The topological polar surface area (TPSA) is 109 Å². The minimum absolute atomic E-state index is 0.180. The first-order valence-electron chi connectivity index (χ1n) is 9.60. The number of carbonyl (C=O) groups excluding carboxylic acids is 2. The molecule has 8 nitrogen and oxygen atoms in total. The van der Waals surface area contributed by atoms with Gasteiger partial charge in [-0.3, -0.25) is 14.5 Å². The lowest BCUT2D eigenvalue weighted by atomic mass is 9.89. The van der Waals surface area contributed by atoms with Gasteiger partial charge >= 0.3 is 0 Å². The number of ether oxygens (including phenoxy) is 1. The summed E-state index contributed by atoms with van der Waals surface area (Å²) in [6, 6.07) is 9.68. The highest BCUT2D eigenvalue weighted by atomic mass is 32.1. The molecule has 0 aliphatic carbocycles. The van der Waals surface area contributed by atoms with Crippen molar-refractivity contribution in [2.45, 2.75) is 18.8 Å². The van der Waals surface area contributed by atoms with E-state index in [1.54, 1.807) is 12.2 Å². The fraction of sp³-hybridized carbons (Fsp3) is 0.333. The molecule has 1 aromatic carbocycles. The average Bonchev–Trinajstić information content (AvgIpc) is 3.24. The zero-order chi connectivity index (χ0) is 21.7. The van der Waals surface area contributed by atoms with E-state index in [1.165, 1.54) is 4.90 Å². The number of benzene rings is 1. The largest absolute Gasteiger partial charge is 0.370 e. The monoisotopic (exact) mass is 427 g/mol. The molecule has 158 valence electrons. The van der Waals surface area contributed by atoms with Crippen molar-refractivity contribution in [3.63, 3.8) is 0 Å². The van der Waals surface area contributed by atoms with Gasteiger partial charge in [0.15, 0.2) is 11.1 Å². The summed E-state index contributed by atoms with van der Waals surface area (Å²) in [7, 11) is 0. The summed E-state index contributed by atoms with van der Waals surface area (Å²) >= 11 is 5.20. The van der Waals surface area contributed by atoms with E-state index in [-0.39, 0.29) is 36.0 Å². The van der Waals surface area contributed by atoms with Crippen LogP contribution in [0, 0.1) is 11.8 Å². The van der Waals surface area contributed by atoms with Crippen molar-refractivity contribution in [3.8, 4) is 0 Å². The second kappa shape index (κ2) is 9.64. The van der Waals surface area contributed by atoms with E-state index in [0.717, 1.165) is 5.56 Å². The molecular formula is C21H25N5O3S. The van der Waals surface area contributed by atoms with Gasteiger partial charge in [0.05, 0.1) is 30.6 Å². The SMILES string of the molecule is C=CC1OC(C=C)C2C(=O)N(CCNC(=S)NC(N)=NCc3ccccc3)C(=O)C12. The molecule has 3 rings (SSSR count). The van der Waals surface area contributed by atoms with E-state index in [0.29, 0.717) is 6.54 Å². The third-order valence-electron chi connectivity index (χ3n) is 5.11. The Bertz CT molecular complexity index is 841. The van der Waals surface area contributed by atoms with E-state index in [2.05, 4.69) is 28.8 Å². The van der Waals surface area contributed by atoms with Crippen LogP contribution in [-0.4, -0.2) is 53.1 Å². The van der Waals surface area contributed by atoms with Gasteiger partial charge in [0, 0.05) is 13.1 Å². The number of nitrogens with zero attached hydrogens (tertiary/aromatic N) is 2. The molecule has 2 aliphatic heterocycles. The molecule has 0 radical (unpaired) electrons. The minimum Gasteiger partial charge on any atom is -0.370 e. The molecule has 30 heavy (non-hydrogen) atoms. The summed E-state index contributed by atoms with van der Waals surface area (Å²) in [6.07, 6.45) is 2.14. The number of hydrogen-bond donors (Lipinski definition) is 3. The van der Waals surface area contributed by atoms with Gasteiger partial charge in [-0.05, 0) is 17.8 Å². The number of guanidine groups is 1. The number of likely N-dealkylation sites (tertiary alicyclic amines) is 1. The Kier molecular flexibility index (Phi) is 6.96. The number of hydrogen-bond acceptors (Lipinski definition) is 5. The van der Waals surface area contributed by atoms with Crippen LogP contribution >= 0.6 is 12.2 Å². The smallest absolute Gasteiger partial charge is 0.236 e. The Balaban J connectivity index is 1.48. The van der Waals surface area contributed by atoms with E-state index >= 15 is 0 Å². The second-order valence-electron chi connectivity index (χ2n) is 6.98. The van der Waals surface area contributed by atoms with Crippen LogP contribution in [0.15, 0.2) is 60.6 Å². The summed E-state index contributed by atoms with van der Waals surface area (Å²) < 4.78 is 5.68. The predicted octanol–water partition coefficient (Wildman–Crippen LogP) is 0.706. The molecule has 0 spiro atoms. The van der Waals surface area contributed by atoms with Gasteiger partial charge in [0.2, 0.25) is 11.8 Å². The van der Waals surface area contributed by atoms with Crippen molar-refractivity contribution in [2.75, 3.05) is 13.1 Å². The van der Waals surface area contributed by atoms with E-state index in [9.17, 15) is 9.59 Å². The normalized spacial score (nSPS) is 25.7. The maximum Gasteiger partial charge on any atom is 0.236 e. The lowest BCUT2D eigenvalue weighted by molar-refractivity contribution is -0.142. The lowest BCUT2D eigenvalue weighted by Crippen LogP contribution is -2.46. The first-order valence-corrected chi connectivity index (χ1v) is 10.0. The summed E-state index contributed by atoms with van der Waals surface area (Å²) in [5.41, 5.74) is 6.87. The Labute approximate surface area is 180 Å². The zero-order valence-corrected chi connectivity index (χ0v) is 17.3. The molecule has 0 aromatic heterocycles. The van der Waals surface area contributed by atoms with Crippen LogP contribution in [0.4, 0.5) is 0 Å². The summed E-state index contributed by atoms with van der Waals surface area (Å²) in [6.45, 7) is 8.30. The van der Waals surface area contributed by atoms with E-state index < -0.39 is 24.0 Å². The summed E-state index contributed by atoms with van der Waals surface area (Å²) in [4.78, 5) is 30.9. The lowest BCUT2D eigenvalue weighted by Gasteiger charge is -2.20. The number of aliphatic imine (C=N–C) groups is 1. The van der Waals surface area contributed by atoms with Crippen molar-refractivity contribution in [1.82, 2.24) is 15.5 Å². The Morgan fingerprint density at radius 2 is 1.77 bits per heavy atom. The maximum absolute atomic E-state index is 12.7. The van der Waals surface area contributed by atoms with Crippen LogP contribution in [0.3, 0.4) is 0 Å². The van der Waals surface area contributed by atoms with E-state index in [1.807, 2.05) is 30.3 Å². The van der Waals surface area contributed by atoms with Gasteiger partial charge in [-0.25, -0.2) is 4.99 Å². The highest BCUT2D eigenvalue weighted by Crippen LogP contribution is 2.41. The van der Waals surface area contributed by atoms with Crippen molar-refractivity contribution >= 4 is 35.1 Å². The molecule has 9 heteroatoms. The number of nitrogens with one attached hydrogen (secondary N) is 2. The molecule has 2 fully saturated rings. The third kappa shape index (κ3) is 4.58. The van der Waals surface area contributed by atoms with Crippen LogP contribution in [0.25, 0.3) is 0 Å². The van der Waals surface area contributed by atoms with Crippen molar-refractivity contribution in [3.05, 3.63) is 61.2 Å². The molecular weight excluding hydrogens is 402 g/mol. The van der Waals surface area contributed by atoms with Crippen molar-refractivity contribution < 1.29 is 14.3 Å². The number of imide groups is 1. The van der Waals surface area contributed by atoms with Crippen LogP contribution < -0.4 is 16.4 Å². The van der Waals surface area contributed by atoms with Gasteiger partial charge < -0.3 is 21.1 Å². The van der Waals surface area contributed by atoms with E-state index in [4.69, 9.17) is 22.7 Å². The fourth-order valence-corrected chi connectivity index (χ4v) is 3.89. The highest BCUT2D eigenvalue weighted by Gasteiger charge is 2.58. The maximum atomic E-state index is 12.7. The number of nitrogens with two attached hydrogens (primary N) is 1. The van der Waals surface area contributed by atoms with Crippen LogP contribution in [0.2, 0.25) is 0 Å². The number of thiocarbonyl (C=S) groups is 1. The van der Waals surface area contributed by atoms with Crippen LogP contribution in [0.5, 0.6) is 0 Å². The molecule has 2 amide bonds. The molecule has 2 aliphatic rings. The van der Waals surface area contributed by atoms with Gasteiger partial charge in [-0.15, -0.1) is 13.2 Å². The Morgan fingerprint density at radius 3 is 2.33 bits per heavy atom. The standard InChI is InChI=1S/C21H25N5O3S/c1-3-14-16-17(15(4-2)29-14)19(28)26(18(16)27)11-10-23-21(30)25-20(22)24-12-13-8-6-5-7-9-13/h3-9,14-17H,1-2,10-12H2,(H4,22,23,24,25,30). The Hall–Kier alpha value is -3.04. The van der Waals surface area contributed by atoms with Gasteiger partial charge in [-0.1, -0.05) is 42.5 Å². The first kappa shape index (κ1) is 21.7.